The fourth-order valence-corrected chi connectivity index (χ4v) is 6.38. The molecule has 0 amide bonds. The van der Waals surface area contributed by atoms with Crippen molar-refractivity contribution >= 4 is 14.2 Å². The Bertz CT molecular complexity index is 277. The Morgan fingerprint density at radius 3 is 2.05 bits per heavy atom. The molecule has 19 heavy (non-hydrogen) atoms. The van der Waals surface area contributed by atoms with Crippen LogP contribution in [0, 0.1) is 0 Å². The molecule has 0 aliphatic rings. The zero-order valence-electron chi connectivity index (χ0n) is 13.3. The minimum atomic E-state index is -1.54. The lowest BCUT2D eigenvalue weighted by molar-refractivity contribution is 0.0475. The molecule has 0 spiro atoms. The summed E-state index contributed by atoms with van der Waals surface area (Å²) in [5.74, 6) is 0. The number of carbonyl (C=O) groups is 1. The molecule has 0 radical (unpaired) electrons. The molecule has 1 atom stereocenters. The molecule has 0 fully saturated rings. The van der Waals surface area contributed by atoms with Gasteiger partial charge in [0.05, 0.1) is 15.2 Å². The highest BCUT2D eigenvalue weighted by Crippen LogP contribution is 2.32. The molecule has 4 heteroatoms. The van der Waals surface area contributed by atoms with Gasteiger partial charge < -0.3 is 9.47 Å². The zero-order chi connectivity index (χ0) is 14.9. The lowest BCUT2D eigenvalue weighted by Gasteiger charge is -2.34. The summed E-state index contributed by atoms with van der Waals surface area (Å²) in [6, 6.07) is 3.48. The van der Waals surface area contributed by atoms with E-state index in [1.807, 2.05) is 0 Å². The van der Waals surface area contributed by atoms with Crippen molar-refractivity contribution in [1.29, 1.82) is 0 Å². The van der Waals surface area contributed by atoms with Crippen molar-refractivity contribution in [2.75, 3.05) is 7.11 Å². The van der Waals surface area contributed by atoms with Crippen molar-refractivity contribution < 1.29 is 14.3 Å². The summed E-state index contributed by atoms with van der Waals surface area (Å²) in [5, 5.41) is 1.18. The first-order chi connectivity index (χ1) is 9.01. The molecule has 112 valence electrons. The maximum atomic E-state index is 11.4. The van der Waals surface area contributed by atoms with E-state index in [1.165, 1.54) is 12.3 Å². The van der Waals surface area contributed by atoms with Crippen LogP contribution in [0.4, 0.5) is 4.79 Å². The van der Waals surface area contributed by atoms with E-state index in [-0.39, 0.29) is 6.10 Å². The van der Waals surface area contributed by atoms with E-state index >= 15 is 0 Å². The molecular weight excluding hydrogens is 256 g/mol. The highest BCUT2D eigenvalue weighted by Gasteiger charge is 2.35. The van der Waals surface area contributed by atoms with Crippen molar-refractivity contribution in [2.45, 2.75) is 71.2 Å². The van der Waals surface area contributed by atoms with Crippen LogP contribution in [0.15, 0.2) is 11.8 Å². The summed E-state index contributed by atoms with van der Waals surface area (Å²) in [6.45, 7) is 13.2. The zero-order valence-corrected chi connectivity index (χ0v) is 14.3. The van der Waals surface area contributed by atoms with Crippen molar-refractivity contribution in [3.63, 3.8) is 0 Å². The van der Waals surface area contributed by atoms with E-state index < -0.39 is 14.2 Å². The third kappa shape index (κ3) is 5.01. The van der Waals surface area contributed by atoms with Gasteiger partial charge in [-0.25, -0.2) is 4.79 Å². The fourth-order valence-electron chi connectivity index (χ4n) is 2.63. The summed E-state index contributed by atoms with van der Waals surface area (Å²) in [7, 11) is -0.187. The number of hydrogen-bond acceptors (Lipinski definition) is 3. The van der Waals surface area contributed by atoms with Crippen LogP contribution in [-0.4, -0.2) is 27.4 Å². The van der Waals surface area contributed by atoms with Crippen LogP contribution in [0.5, 0.6) is 0 Å². The Morgan fingerprint density at radius 1 is 1.16 bits per heavy atom. The van der Waals surface area contributed by atoms with Gasteiger partial charge in [0.1, 0.15) is 6.10 Å². The molecule has 0 N–H and O–H groups in total. The Morgan fingerprint density at radius 2 is 1.68 bits per heavy atom. The standard InChI is InChI=1S/C15H30O3Si/c1-7-11-12-14(18-15(16)17-6)13(5)19(8-2,9-3)10-4/h14H,5,7-12H2,1-4,6H3. The van der Waals surface area contributed by atoms with E-state index in [4.69, 9.17) is 4.74 Å². The highest BCUT2D eigenvalue weighted by atomic mass is 28.3. The Balaban J connectivity index is 5.00. The predicted molar refractivity (Wildman–Crippen MR) is 83.1 cm³/mol. The first kappa shape index (κ1) is 18.2. The van der Waals surface area contributed by atoms with Gasteiger partial charge in [0.2, 0.25) is 0 Å². The summed E-state index contributed by atoms with van der Waals surface area (Å²) in [4.78, 5) is 11.4. The Labute approximate surface area is 119 Å². The van der Waals surface area contributed by atoms with Gasteiger partial charge in [-0.15, -0.1) is 6.58 Å². The van der Waals surface area contributed by atoms with Crippen molar-refractivity contribution in [2.24, 2.45) is 0 Å². The van der Waals surface area contributed by atoms with E-state index in [9.17, 15) is 4.79 Å². The lowest BCUT2D eigenvalue weighted by atomic mass is 10.1. The number of carbonyl (C=O) groups excluding carboxylic acids is 1. The van der Waals surface area contributed by atoms with Crippen molar-refractivity contribution in [3.05, 3.63) is 11.8 Å². The van der Waals surface area contributed by atoms with Gasteiger partial charge in [-0.3, -0.25) is 0 Å². The van der Waals surface area contributed by atoms with Gasteiger partial charge in [-0.05, 0) is 18.0 Å². The number of hydrogen-bond donors (Lipinski definition) is 0. The van der Waals surface area contributed by atoms with Crippen LogP contribution in [0.1, 0.15) is 47.0 Å². The number of methoxy groups -OCH3 is 1. The van der Waals surface area contributed by atoms with Crippen molar-refractivity contribution in [3.8, 4) is 0 Å². The largest absolute Gasteiger partial charge is 0.508 e. The third-order valence-electron chi connectivity index (χ3n) is 4.33. The minimum Gasteiger partial charge on any atom is -0.438 e. The Kier molecular flexibility index (Phi) is 8.81. The van der Waals surface area contributed by atoms with Gasteiger partial charge in [0, 0.05) is 0 Å². The molecule has 0 saturated heterocycles. The van der Waals surface area contributed by atoms with E-state index in [0.29, 0.717) is 0 Å². The predicted octanol–water partition coefficient (Wildman–Crippen LogP) is 4.93. The minimum absolute atomic E-state index is 0.168. The van der Waals surface area contributed by atoms with E-state index in [2.05, 4.69) is 39.0 Å². The topological polar surface area (TPSA) is 35.5 Å². The SMILES string of the molecule is C=C(C(CCCC)OC(=O)OC)[Si](CC)(CC)CC. The van der Waals surface area contributed by atoms with Crippen LogP contribution in [0.3, 0.4) is 0 Å². The van der Waals surface area contributed by atoms with Crippen LogP contribution in [0.25, 0.3) is 0 Å². The number of unbranched alkanes of at least 4 members (excludes halogenated alkanes) is 1. The molecule has 0 aliphatic heterocycles. The molecule has 0 saturated carbocycles. The molecule has 0 rings (SSSR count). The van der Waals surface area contributed by atoms with Crippen LogP contribution in [0.2, 0.25) is 18.1 Å². The third-order valence-corrected chi connectivity index (χ3v) is 10.1. The quantitative estimate of drug-likeness (QED) is 0.445. The monoisotopic (exact) mass is 286 g/mol. The average Bonchev–Trinajstić information content (AvgIpc) is 2.45. The molecule has 0 aliphatic carbocycles. The molecule has 0 aromatic carbocycles. The molecule has 0 aromatic heterocycles. The fraction of sp³-hybridized carbons (Fsp3) is 0.800. The maximum absolute atomic E-state index is 11.4. The first-order valence-electron chi connectivity index (χ1n) is 7.45. The second-order valence-corrected chi connectivity index (χ2v) is 10.4. The average molecular weight is 286 g/mol. The smallest absolute Gasteiger partial charge is 0.438 e. The molecule has 0 heterocycles. The van der Waals surface area contributed by atoms with Gasteiger partial charge in [0.15, 0.2) is 0 Å². The Hall–Kier alpha value is -0.773. The van der Waals surface area contributed by atoms with E-state index in [0.717, 1.165) is 37.4 Å². The van der Waals surface area contributed by atoms with Gasteiger partial charge in [0.25, 0.3) is 0 Å². The van der Waals surface area contributed by atoms with E-state index in [1.54, 1.807) is 0 Å². The van der Waals surface area contributed by atoms with Gasteiger partial charge >= 0.3 is 6.16 Å². The summed E-state index contributed by atoms with van der Waals surface area (Å²) in [6.07, 6.45) is 2.24. The normalized spacial score (nSPS) is 12.9. The van der Waals surface area contributed by atoms with Crippen molar-refractivity contribution in [1.82, 2.24) is 0 Å². The molecule has 1 unspecified atom stereocenters. The maximum Gasteiger partial charge on any atom is 0.508 e. The summed E-state index contributed by atoms with van der Waals surface area (Å²) < 4.78 is 10.1. The summed E-state index contributed by atoms with van der Waals surface area (Å²) in [5.41, 5.74) is 0. The molecule has 3 nitrogen and oxygen atoms in total. The van der Waals surface area contributed by atoms with Gasteiger partial charge in [-0.1, -0.05) is 52.2 Å². The second kappa shape index (κ2) is 9.18. The van der Waals surface area contributed by atoms with Crippen LogP contribution < -0.4 is 0 Å². The highest BCUT2D eigenvalue weighted by molar-refractivity contribution is 6.86. The van der Waals surface area contributed by atoms with Gasteiger partial charge in [-0.2, -0.15) is 0 Å². The summed E-state index contributed by atoms with van der Waals surface area (Å²) >= 11 is 0. The second-order valence-electron chi connectivity index (χ2n) is 5.07. The number of ether oxygens (including phenoxy) is 2. The lowest BCUT2D eigenvalue weighted by Crippen LogP contribution is -2.41. The van der Waals surface area contributed by atoms with Crippen LogP contribution in [-0.2, 0) is 9.47 Å². The molecule has 0 bridgehead atoms. The first-order valence-corrected chi connectivity index (χ1v) is 10.1. The van der Waals surface area contributed by atoms with Crippen LogP contribution >= 0.6 is 0 Å². The molecule has 0 aromatic rings. The molecular formula is C15H30O3Si. The number of rotatable bonds is 9.